The van der Waals surface area contributed by atoms with Gasteiger partial charge < -0.3 is 15.1 Å². The number of carbonyl (C=O) groups is 2. The number of nitrogens with zero attached hydrogens (tertiary/aromatic N) is 3. The molecule has 1 unspecified atom stereocenters. The fourth-order valence-corrected chi connectivity index (χ4v) is 7.62. The molecule has 0 radical (unpaired) electrons. The van der Waals surface area contributed by atoms with Crippen LogP contribution in [0.2, 0.25) is 4.34 Å². The van der Waals surface area contributed by atoms with Gasteiger partial charge >= 0.3 is 0 Å². The zero-order valence-corrected chi connectivity index (χ0v) is 25.5. The third kappa shape index (κ3) is 6.35. The van der Waals surface area contributed by atoms with Crippen molar-refractivity contribution in [3.8, 4) is 0 Å². The van der Waals surface area contributed by atoms with E-state index in [0.717, 1.165) is 54.5 Å². The van der Waals surface area contributed by atoms with Gasteiger partial charge in [-0.25, -0.2) is 8.42 Å². The van der Waals surface area contributed by atoms with Crippen LogP contribution < -0.4 is 14.9 Å². The van der Waals surface area contributed by atoms with Crippen LogP contribution in [0.15, 0.2) is 88.1 Å². The highest BCUT2D eigenvalue weighted by Gasteiger charge is 2.30. The van der Waals surface area contributed by atoms with E-state index in [4.69, 9.17) is 11.6 Å². The van der Waals surface area contributed by atoms with Crippen LogP contribution in [0, 0.1) is 0 Å². The van der Waals surface area contributed by atoms with Crippen LogP contribution in [-0.4, -0.2) is 64.4 Å². The second-order valence-corrected chi connectivity index (χ2v) is 14.1. The molecule has 0 spiro atoms. The molecule has 1 saturated heterocycles. The number of nitrogens with one attached hydrogen (secondary N) is 2. The minimum atomic E-state index is -3.85. The lowest BCUT2D eigenvalue weighted by molar-refractivity contribution is -0.115. The van der Waals surface area contributed by atoms with E-state index in [1.54, 1.807) is 42.6 Å². The number of ketones is 1. The maximum Gasteiger partial charge on any atom is 0.271 e. The van der Waals surface area contributed by atoms with E-state index < -0.39 is 15.9 Å². The van der Waals surface area contributed by atoms with Gasteiger partial charge in [0.05, 0.1) is 10.0 Å². The van der Waals surface area contributed by atoms with Crippen molar-refractivity contribution in [1.82, 2.24) is 4.90 Å². The summed E-state index contributed by atoms with van der Waals surface area (Å²) < 4.78 is 28.3. The normalized spacial score (nSPS) is 17.2. The van der Waals surface area contributed by atoms with Gasteiger partial charge in [-0.2, -0.15) is 0 Å². The van der Waals surface area contributed by atoms with Crippen molar-refractivity contribution in [1.29, 1.82) is 0 Å². The Labute approximate surface area is 258 Å². The number of anilines is 3. The van der Waals surface area contributed by atoms with Gasteiger partial charge in [0.25, 0.3) is 10.0 Å². The number of hydrogen-bond donors (Lipinski definition) is 2. The third-order valence-corrected chi connectivity index (χ3v) is 10.6. The first-order chi connectivity index (χ1) is 20.7. The van der Waals surface area contributed by atoms with Crippen LogP contribution in [0.5, 0.6) is 0 Å². The maximum atomic E-state index is 13.3. The lowest BCUT2D eigenvalue weighted by Gasteiger charge is -2.34. The second kappa shape index (κ2) is 11.9. The summed E-state index contributed by atoms with van der Waals surface area (Å²) in [5.74, 6) is -1.11. The highest BCUT2D eigenvalue weighted by molar-refractivity contribution is 7.94. The van der Waals surface area contributed by atoms with Crippen molar-refractivity contribution in [2.45, 2.75) is 10.1 Å². The Hall–Kier alpha value is -4.03. The first-order valence-electron chi connectivity index (χ1n) is 13.6. The molecule has 4 aromatic rings. The summed E-state index contributed by atoms with van der Waals surface area (Å²) in [6.45, 7) is 4.03. The van der Waals surface area contributed by atoms with Crippen molar-refractivity contribution < 1.29 is 18.0 Å². The number of carbonyl (C=O) groups excluding carboxylic acids is 2. The predicted molar refractivity (Wildman–Crippen MR) is 172 cm³/mol. The molecular formula is C31H28ClN5O4S2. The first kappa shape index (κ1) is 29.1. The molecule has 3 aromatic carbocycles. The summed E-state index contributed by atoms with van der Waals surface area (Å²) in [5, 5.41) is 2.85. The molecule has 0 bridgehead atoms. The van der Waals surface area contributed by atoms with E-state index >= 15 is 0 Å². The van der Waals surface area contributed by atoms with Crippen LogP contribution in [-0.2, 0) is 14.8 Å². The van der Waals surface area contributed by atoms with Gasteiger partial charge in [-0.1, -0.05) is 35.9 Å². The lowest BCUT2D eigenvalue weighted by Crippen LogP contribution is -2.44. The Morgan fingerprint density at radius 2 is 1.74 bits per heavy atom. The molecule has 1 aromatic heterocycles. The molecule has 12 heteroatoms. The van der Waals surface area contributed by atoms with Crippen molar-refractivity contribution in [3.63, 3.8) is 0 Å². The number of benzene rings is 3. The fraction of sp³-hybridized carbons (Fsp3) is 0.194. The second-order valence-electron chi connectivity index (χ2n) is 10.4. The van der Waals surface area contributed by atoms with E-state index in [0.29, 0.717) is 21.2 Å². The number of aliphatic imine (C=N–C) groups is 1. The molecule has 1 atom stereocenters. The molecule has 2 N–H and O–H groups in total. The summed E-state index contributed by atoms with van der Waals surface area (Å²) in [4.78, 5) is 35.4. The van der Waals surface area contributed by atoms with Gasteiger partial charge in [0.1, 0.15) is 10.1 Å². The van der Waals surface area contributed by atoms with E-state index in [9.17, 15) is 18.0 Å². The molecule has 0 aliphatic carbocycles. The van der Waals surface area contributed by atoms with Crippen LogP contribution >= 0.6 is 22.9 Å². The fourth-order valence-electron chi connectivity index (χ4n) is 5.09. The molecule has 2 aliphatic heterocycles. The van der Waals surface area contributed by atoms with E-state index in [1.165, 1.54) is 18.2 Å². The molecule has 1 fully saturated rings. The van der Waals surface area contributed by atoms with Gasteiger partial charge in [-0.05, 0) is 67.2 Å². The van der Waals surface area contributed by atoms with Crippen LogP contribution in [0.25, 0.3) is 0 Å². The van der Waals surface area contributed by atoms with Crippen molar-refractivity contribution in [2.75, 3.05) is 48.2 Å². The van der Waals surface area contributed by atoms with Crippen LogP contribution in [0.1, 0.15) is 27.4 Å². The Balaban J connectivity index is 1.15. The van der Waals surface area contributed by atoms with E-state index in [-0.39, 0.29) is 21.6 Å². The van der Waals surface area contributed by atoms with Crippen molar-refractivity contribution in [3.05, 3.63) is 99.9 Å². The number of hydrogen-bond acceptors (Lipinski definition) is 8. The minimum absolute atomic E-state index is 0.0735. The highest BCUT2D eigenvalue weighted by Crippen LogP contribution is 2.34. The van der Waals surface area contributed by atoms with Gasteiger partial charge in [0.15, 0.2) is 5.78 Å². The summed E-state index contributed by atoms with van der Waals surface area (Å²) in [6, 6.07) is 22.2. The number of sulfonamides is 1. The molecule has 1 amide bonds. The molecule has 3 heterocycles. The van der Waals surface area contributed by atoms with Crippen LogP contribution in [0.4, 0.5) is 22.7 Å². The van der Waals surface area contributed by atoms with Crippen LogP contribution in [0.3, 0.4) is 0 Å². The maximum absolute atomic E-state index is 13.3. The number of amides is 1. The smallest absolute Gasteiger partial charge is 0.271 e. The Morgan fingerprint density at radius 1 is 1.00 bits per heavy atom. The Morgan fingerprint density at radius 3 is 2.47 bits per heavy atom. The lowest BCUT2D eigenvalue weighted by atomic mass is 9.97. The third-order valence-electron chi connectivity index (χ3n) is 7.47. The number of likely N-dealkylation sites (N-methyl/N-ethyl adjacent to an activating group) is 1. The first-order valence-corrected chi connectivity index (χ1v) is 16.3. The van der Waals surface area contributed by atoms with Gasteiger partial charge in [0.2, 0.25) is 5.91 Å². The number of piperazine rings is 1. The molecule has 43 heavy (non-hydrogen) atoms. The molecule has 6 rings (SSSR count). The highest BCUT2D eigenvalue weighted by atomic mass is 35.5. The van der Waals surface area contributed by atoms with Crippen molar-refractivity contribution >= 4 is 73.6 Å². The van der Waals surface area contributed by atoms with Crippen molar-refractivity contribution in [2.24, 2.45) is 4.99 Å². The molecule has 2 aliphatic rings. The largest absolute Gasteiger partial charge is 0.369 e. The summed E-state index contributed by atoms with van der Waals surface area (Å²) in [7, 11) is -1.72. The quantitative estimate of drug-likeness (QED) is 0.192. The summed E-state index contributed by atoms with van der Waals surface area (Å²) in [6.07, 6.45) is 1.63. The van der Waals surface area contributed by atoms with E-state index in [1.807, 2.05) is 12.1 Å². The van der Waals surface area contributed by atoms with Gasteiger partial charge in [0, 0.05) is 60.6 Å². The standard InChI is InChI=1S/C31H28ClN5O4S2/c1-36-13-15-37(16-14-36)24-8-6-22(7-9-24)33-19-26-25-10-5-21(18-27(25)34-31(26)39)30(38)20-3-2-4-23(17-20)35-43(40,41)29-12-11-28(32)42-29/h2-12,17-19,26,35H,13-16H2,1H3,(H,34,39). The van der Waals surface area contributed by atoms with Gasteiger partial charge in [-0.15, -0.1) is 11.3 Å². The zero-order chi connectivity index (χ0) is 30.1. The average molecular weight is 634 g/mol. The number of fused-ring (bicyclic) bond motifs is 1. The number of rotatable bonds is 8. The summed E-state index contributed by atoms with van der Waals surface area (Å²) in [5.41, 5.74) is 4.09. The predicted octanol–water partition coefficient (Wildman–Crippen LogP) is 5.62. The van der Waals surface area contributed by atoms with Gasteiger partial charge in [-0.3, -0.25) is 19.3 Å². The molecule has 0 saturated carbocycles. The molecule has 9 nitrogen and oxygen atoms in total. The number of halogens is 1. The Kier molecular flexibility index (Phi) is 8.06. The average Bonchev–Trinajstić information content (AvgIpc) is 3.58. The summed E-state index contributed by atoms with van der Waals surface area (Å²) >= 11 is 6.83. The SMILES string of the molecule is CN1CCN(c2ccc(N=CC3C(=O)Nc4cc(C(=O)c5cccc(NS(=O)(=O)c6ccc(Cl)s6)c5)ccc43)cc2)CC1. The molecule has 220 valence electrons. The van der Waals surface area contributed by atoms with E-state index in [2.05, 4.69) is 44.0 Å². The molecular weight excluding hydrogens is 606 g/mol. The Bertz CT molecular complexity index is 1830. The number of thiophene rings is 1. The topological polar surface area (TPSA) is 111 Å². The zero-order valence-electron chi connectivity index (χ0n) is 23.2. The monoisotopic (exact) mass is 633 g/mol. The minimum Gasteiger partial charge on any atom is -0.369 e.